The molecule has 1 aromatic rings. The van der Waals surface area contributed by atoms with Crippen molar-refractivity contribution < 1.29 is 4.92 Å². The number of nitro benzene ring substituents is 1. The van der Waals surface area contributed by atoms with E-state index in [0.717, 1.165) is 38.3 Å². The van der Waals surface area contributed by atoms with Crippen LogP contribution in [-0.4, -0.2) is 54.0 Å². The van der Waals surface area contributed by atoms with Crippen LogP contribution in [0.2, 0.25) is 0 Å². The molecule has 2 rings (SSSR count). The Labute approximate surface area is 125 Å². The predicted molar refractivity (Wildman–Crippen MR) is 84.6 cm³/mol. The van der Waals surface area contributed by atoms with Crippen LogP contribution in [0.4, 0.5) is 11.4 Å². The van der Waals surface area contributed by atoms with Gasteiger partial charge in [-0.3, -0.25) is 19.9 Å². The average Bonchev–Trinajstić information content (AvgIpc) is 2.47. The first kappa shape index (κ1) is 15.7. The number of para-hydroxylation sites is 1. The lowest BCUT2D eigenvalue weighted by Crippen LogP contribution is -2.48. The fourth-order valence-corrected chi connectivity index (χ4v) is 2.84. The van der Waals surface area contributed by atoms with Crippen molar-refractivity contribution in [3.05, 3.63) is 33.9 Å². The number of rotatable bonds is 5. The SMILES string of the molecule is CNc1c(CN2CCN(C(C)C)CC2)cccc1[N+](=O)[O-]. The highest BCUT2D eigenvalue weighted by Crippen LogP contribution is 2.28. The van der Waals surface area contributed by atoms with Gasteiger partial charge in [0.25, 0.3) is 5.69 Å². The standard InChI is InChI=1S/C15H24N4O2/c1-12(2)18-9-7-17(8-10-18)11-13-5-4-6-14(19(20)21)15(13)16-3/h4-6,12,16H,7-11H2,1-3H3. The zero-order valence-corrected chi connectivity index (χ0v) is 13.0. The van der Waals surface area contributed by atoms with Gasteiger partial charge >= 0.3 is 0 Å². The fourth-order valence-electron chi connectivity index (χ4n) is 2.84. The van der Waals surface area contributed by atoms with Gasteiger partial charge < -0.3 is 5.32 Å². The van der Waals surface area contributed by atoms with Crippen LogP contribution in [0.3, 0.4) is 0 Å². The van der Waals surface area contributed by atoms with Gasteiger partial charge in [-0.1, -0.05) is 12.1 Å². The molecule has 0 unspecified atom stereocenters. The van der Waals surface area contributed by atoms with Crippen molar-refractivity contribution in [2.75, 3.05) is 38.5 Å². The molecule has 0 bridgehead atoms. The summed E-state index contributed by atoms with van der Waals surface area (Å²) in [5.74, 6) is 0. The lowest BCUT2D eigenvalue weighted by Gasteiger charge is -2.37. The van der Waals surface area contributed by atoms with Gasteiger partial charge in [0, 0.05) is 51.9 Å². The molecule has 21 heavy (non-hydrogen) atoms. The van der Waals surface area contributed by atoms with Crippen LogP contribution in [0.1, 0.15) is 19.4 Å². The third kappa shape index (κ3) is 3.71. The lowest BCUT2D eigenvalue weighted by atomic mass is 10.1. The first-order valence-electron chi connectivity index (χ1n) is 7.43. The summed E-state index contributed by atoms with van der Waals surface area (Å²) in [7, 11) is 1.74. The Morgan fingerprint density at radius 2 is 1.95 bits per heavy atom. The molecule has 1 aromatic carbocycles. The van der Waals surface area contributed by atoms with Crippen LogP contribution in [0.25, 0.3) is 0 Å². The molecular weight excluding hydrogens is 268 g/mol. The van der Waals surface area contributed by atoms with Crippen molar-refractivity contribution in [3.63, 3.8) is 0 Å². The van der Waals surface area contributed by atoms with E-state index < -0.39 is 0 Å². The molecular formula is C15H24N4O2. The summed E-state index contributed by atoms with van der Waals surface area (Å²) in [6.45, 7) is 9.31. The summed E-state index contributed by atoms with van der Waals surface area (Å²) in [4.78, 5) is 15.6. The van der Waals surface area contributed by atoms with Crippen molar-refractivity contribution in [1.82, 2.24) is 9.80 Å². The van der Waals surface area contributed by atoms with Gasteiger partial charge in [0.05, 0.1) is 4.92 Å². The molecule has 116 valence electrons. The van der Waals surface area contributed by atoms with E-state index in [1.54, 1.807) is 19.2 Å². The van der Waals surface area contributed by atoms with Crippen molar-refractivity contribution in [1.29, 1.82) is 0 Å². The first-order chi connectivity index (χ1) is 10.0. The minimum Gasteiger partial charge on any atom is -0.382 e. The van der Waals surface area contributed by atoms with Crippen LogP contribution < -0.4 is 5.32 Å². The topological polar surface area (TPSA) is 61.6 Å². The average molecular weight is 292 g/mol. The molecule has 1 heterocycles. The first-order valence-corrected chi connectivity index (χ1v) is 7.43. The quantitative estimate of drug-likeness (QED) is 0.665. The molecule has 0 radical (unpaired) electrons. The summed E-state index contributed by atoms with van der Waals surface area (Å²) >= 11 is 0. The molecule has 1 aliphatic rings. The number of nitrogens with one attached hydrogen (secondary N) is 1. The maximum absolute atomic E-state index is 11.1. The second-order valence-electron chi connectivity index (χ2n) is 5.72. The second-order valence-corrected chi connectivity index (χ2v) is 5.72. The Morgan fingerprint density at radius 1 is 1.29 bits per heavy atom. The number of hydrogen-bond acceptors (Lipinski definition) is 5. The van der Waals surface area contributed by atoms with Crippen molar-refractivity contribution in [3.8, 4) is 0 Å². The minimum absolute atomic E-state index is 0.149. The second kappa shape index (κ2) is 6.87. The molecule has 6 nitrogen and oxygen atoms in total. The molecule has 0 atom stereocenters. The Morgan fingerprint density at radius 3 is 2.48 bits per heavy atom. The molecule has 1 N–H and O–H groups in total. The number of nitro groups is 1. The van der Waals surface area contributed by atoms with E-state index in [4.69, 9.17) is 0 Å². The molecule has 6 heteroatoms. The van der Waals surface area contributed by atoms with E-state index in [1.165, 1.54) is 0 Å². The van der Waals surface area contributed by atoms with Crippen LogP contribution in [0.15, 0.2) is 18.2 Å². The van der Waals surface area contributed by atoms with Gasteiger partial charge in [-0.15, -0.1) is 0 Å². The zero-order valence-electron chi connectivity index (χ0n) is 13.0. The molecule has 0 aliphatic carbocycles. The highest BCUT2D eigenvalue weighted by Gasteiger charge is 2.21. The highest BCUT2D eigenvalue weighted by molar-refractivity contribution is 5.66. The minimum atomic E-state index is -0.327. The largest absolute Gasteiger partial charge is 0.382 e. The molecule has 0 aromatic heterocycles. The van der Waals surface area contributed by atoms with Gasteiger partial charge in [-0.2, -0.15) is 0 Å². The Kier molecular flexibility index (Phi) is 5.14. The van der Waals surface area contributed by atoms with Gasteiger partial charge in [-0.25, -0.2) is 0 Å². The Balaban J connectivity index is 2.07. The number of anilines is 1. The number of nitrogens with zero attached hydrogens (tertiary/aromatic N) is 3. The summed E-state index contributed by atoms with van der Waals surface area (Å²) in [6, 6.07) is 5.86. The van der Waals surface area contributed by atoms with Gasteiger partial charge in [0.1, 0.15) is 5.69 Å². The van der Waals surface area contributed by atoms with Crippen LogP contribution in [-0.2, 0) is 6.54 Å². The van der Waals surface area contributed by atoms with Gasteiger partial charge in [0.15, 0.2) is 0 Å². The van der Waals surface area contributed by atoms with Crippen molar-refractivity contribution in [2.24, 2.45) is 0 Å². The number of benzene rings is 1. The van der Waals surface area contributed by atoms with E-state index in [-0.39, 0.29) is 10.6 Å². The predicted octanol–water partition coefficient (Wildman–Crippen LogP) is 2.16. The summed E-state index contributed by atoms with van der Waals surface area (Å²) in [5.41, 5.74) is 1.77. The normalized spacial score (nSPS) is 17.1. The third-order valence-electron chi connectivity index (χ3n) is 4.11. The maximum Gasteiger partial charge on any atom is 0.292 e. The molecule has 1 aliphatic heterocycles. The van der Waals surface area contributed by atoms with Gasteiger partial charge in [0.2, 0.25) is 0 Å². The summed E-state index contributed by atoms with van der Waals surface area (Å²) in [6.07, 6.45) is 0. The van der Waals surface area contributed by atoms with Crippen molar-refractivity contribution >= 4 is 11.4 Å². The van der Waals surface area contributed by atoms with Crippen LogP contribution in [0.5, 0.6) is 0 Å². The smallest absolute Gasteiger partial charge is 0.292 e. The lowest BCUT2D eigenvalue weighted by molar-refractivity contribution is -0.384. The Bertz CT molecular complexity index is 496. The maximum atomic E-state index is 11.1. The molecule has 1 fully saturated rings. The third-order valence-corrected chi connectivity index (χ3v) is 4.11. The van der Waals surface area contributed by atoms with Crippen LogP contribution >= 0.6 is 0 Å². The summed E-state index contributed by atoms with van der Waals surface area (Å²) in [5, 5.41) is 14.1. The van der Waals surface area contributed by atoms with E-state index in [9.17, 15) is 10.1 Å². The van der Waals surface area contributed by atoms with E-state index >= 15 is 0 Å². The van der Waals surface area contributed by atoms with Gasteiger partial charge in [-0.05, 0) is 19.4 Å². The molecule has 0 saturated carbocycles. The van der Waals surface area contributed by atoms with Crippen LogP contribution in [0, 0.1) is 10.1 Å². The number of piperazine rings is 1. The molecule has 1 saturated heterocycles. The van der Waals surface area contributed by atoms with E-state index in [2.05, 4.69) is 29.0 Å². The van der Waals surface area contributed by atoms with E-state index in [0.29, 0.717) is 11.7 Å². The Hall–Kier alpha value is -1.66. The van der Waals surface area contributed by atoms with E-state index in [1.807, 2.05) is 6.07 Å². The highest BCUT2D eigenvalue weighted by atomic mass is 16.6. The zero-order chi connectivity index (χ0) is 15.4. The molecule has 0 spiro atoms. The number of hydrogen-bond donors (Lipinski definition) is 1. The molecule has 0 amide bonds. The monoisotopic (exact) mass is 292 g/mol. The van der Waals surface area contributed by atoms with Crippen molar-refractivity contribution in [2.45, 2.75) is 26.4 Å². The summed E-state index contributed by atoms with van der Waals surface area (Å²) < 4.78 is 0. The fraction of sp³-hybridized carbons (Fsp3) is 0.600.